The van der Waals surface area contributed by atoms with E-state index in [-0.39, 0.29) is 12.2 Å². The highest BCUT2D eigenvalue weighted by atomic mass is 19.1. The average Bonchev–Trinajstić information content (AvgIpc) is 2.75. The zero-order valence-corrected chi connectivity index (χ0v) is 9.06. The van der Waals surface area contributed by atoms with Crippen LogP contribution in [0.4, 0.5) is 4.39 Å². The summed E-state index contributed by atoms with van der Waals surface area (Å²) in [5.74, 6) is 0.611. The van der Waals surface area contributed by atoms with Crippen LogP contribution in [0.5, 0.6) is 0 Å². The van der Waals surface area contributed by atoms with Crippen molar-refractivity contribution in [2.24, 2.45) is 0 Å². The van der Waals surface area contributed by atoms with Crippen molar-refractivity contribution in [3.63, 3.8) is 0 Å². The van der Waals surface area contributed by atoms with Gasteiger partial charge in [0.05, 0.1) is 12.5 Å². The largest absolute Gasteiger partial charge is 0.339 e. The van der Waals surface area contributed by atoms with Crippen molar-refractivity contribution in [2.75, 3.05) is 0 Å². The van der Waals surface area contributed by atoms with Gasteiger partial charge in [0.2, 0.25) is 5.89 Å². The van der Waals surface area contributed by atoms with Gasteiger partial charge in [0.1, 0.15) is 5.82 Å². The molecule has 86 valence electrons. The van der Waals surface area contributed by atoms with E-state index in [1.807, 2.05) is 12.1 Å². The molecule has 17 heavy (non-hydrogen) atoms. The predicted octanol–water partition coefficient (Wildman–Crippen LogP) is 2.06. The SMILES string of the molecule is N#CCc1noc(CCc2cccc(F)c2)n1. The van der Waals surface area contributed by atoms with E-state index in [4.69, 9.17) is 9.78 Å². The first kappa shape index (κ1) is 11.3. The summed E-state index contributed by atoms with van der Waals surface area (Å²) in [4.78, 5) is 4.04. The number of nitrogens with zero attached hydrogens (tertiary/aromatic N) is 3. The fraction of sp³-hybridized carbons (Fsp3) is 0.250. The van der Waals surface area contributed by atoms with Crippen molar-refractivity contribution in [3.05, 3.63) is 47.4 Å². The third kappa shape index (κ3) is 3.11. The molecule has 0 saturated heterocycles. The second-order valence-corrected chi connectivity index (χ2v) is 3.57. The lowest BCUT2D eigenvalue weighted by Gasteiger charge is -1.97. The molecule has 1 aromatic carbocycles. The molecule has 0 atom stereocenters. The first-order chi connectivity index (χ1) is 8.28. The van der Waals surface area contributed by atoms with Gasteiger partial charge in [-0.05, 0) is 24.1 Å². The minimum Gasteiger partial charge on any atom is -0.339 e. The summed E-state index contributed by atoms with van der Waals surface area (Å²) in [5, 5.41) is 12.1. The highest BCUT2D eigenvalue weighted by molar-refractivity contribution is 5.16. The molecule has 0 amide bonds. The number of hydrogen-bond acceptors (Lipinski definition) is 4. The van der Waals surface area contributed by atoms with Crippen LogP contribution < -0.4 is 0 Å². The Kier molecular flexibility index (Phi) is 3.46. The molecule has 2 aromatic rings. The van der Waals surface area contributed by atoms with E-state index in [0.717, 1.165) is 5.56 Å². The molecule has 4 nitrogen and oxygen atoms in total. The van der Waals surface area contributed by atoms with Crippen LogP contribution in [0.3, 0.4) is 0 Å². The molecule has 1 aromatic heterocycles. The second kappa shape index (κ2) is 5.21. The van der Waals surface area contributed by atoms with Gasteiger partial charge in [0.25, 0.3) is 0 Å². The van der Waals surface area contributed by atoms with Gasteiger partial charge in [-0.2, -0.15) is 10.2 Å². The average molecular weight is 231 g/mol. The Morgan fingerprint density at radius 2 is 2.24 bits per heavy atom. The van der Waals surface area contributed by atoms with Crippen molar-refractivity contribution in [1.82, 2.24) is 10.1 Å². The summed E-state index contributed by atoms with van der Waals surface area (Å²) in [6, 6.07) is 8.34. The minimum absolute atomic E-state index is 0.142. The van der Waals surface area contributed by atoms with Crippen LogP contribution in [-0.4, -0.2) is 10.1 Å². The molecule has 0 saturated carbocycles. The van der Waals surface area contributed by atoms with E-state index < -0.39 is 0 Å². The third-order valence-corrected chi connectivity index (χ3v) is 2.26. The Morgan fingerprint density at radius 3 is 3.00 bits per heavy atom. The number of aryl methyl sites for hydroxylation is 2. The van der Waals surface area contributed by atoms with Crippen molar-refractivity contribution >= 4 is 0 Å². The Hall–Kier alpha value is -2.22. The summed E-state index contributed by atoms with van der Waals surface area (Å²) in [7, 11) is 0. The molecule has 0 fully saturated rings. The molecule has 0 aliphatic carbocycles. The summed E-state index contributed by atoms with van der Waals surface area (Å²) in [6.45, 7) is 0. The number of benzene rings is 1. The molecular formula is C12H10FN3O. The Morgan fingerprint density at radius 1 is 1.35 bits per heavy atom. The number of aromatic nitrogens is 2. The van der Waals surface area contributed by atoms with Gasteiger partial charge in [0.15, 0.2) is 5.82 Å². The first-order valence-electron chi connectivity index (χ1n) is 5.21. The summed E-state index contributed by atoms with van der Waals surface area (Å²) in [6.07, 6.45) is 1.32. The lowest BCUT2D eigenvalue weighted by atomic mass is 10.1. The fourth-order valence-corrected chi connectivity index (χ4v) is 1.48. The molecule has 0 spiro atoms. The van der Waals surface area contributed by atoms with E-state index in [1.54, 1.807) is 6.07 Å². The Labute approximate surface area is 97.7 Å². The number of rotatable bonds is 4. The van der Waals surface area contributed by atoms with Crippen LogP contribution in [-0.2, 0) is 19.3 Å². The highest BCUT2D eigenvalue weighted by Crippen LogP contribution is 2.08. The molecule has 5 heteroatoms. The second-order valence-electron chi connectivity index (χ2n) is 3.57. The summed E-state index contributed by atoms with van der Waals surface area (Å²) < 4.78 is 17.9. The smallest absolute Gasteiger partial charge is 0.227 e. The molecule has 1 heterocycles. The van der Waals surface area contributed by atoms with E-state index >= 15 is 0 Å². The normalized spacial score (nSPS) is 10.1. The Bertz CT molecular complexity index is 545. The predicted molar refractivity (Wildman–Crippen MR) is 57.4 cm³/mol. The molecule has 0 N–H and O–H groups in total. The standard InChI is InChI=1S/C12H10FN3O/c13-10-3-1-2-9(8-10)4-5-12-15-11(6-7-14)16-17-12/h1-3,8H,4-6H2. The van der Waals surface area contributed by atoms with Gasteiger partial charge in [-0.3, -0.25) is 0 Å². The first-order valence-corrected chi connectivity index (χ1v) is 5.21. The van der Waals surface area contributed by atoms with Gasteiger partial charge in [-0.15, -0.1) is 0 Å². The van der Waals surface area contributed by atoms with Crippen LogP contribution in [0.25, 0.3) is 0 Å². The van der Waals surface area contributed by atoms with Crippen LogP contribution in [0.2, 0.25) is 0 Å². The van der Waals surface area contributed by atoms with Crippen molar-refractivity contribution in [1.29, 1.82) is 5.26 Å². The van der Waals surface area contributed by atoms with Crippen LogP contribution >= 0.6 is 0 Å². The van der Waals surface area contributed by atoms with Gasteiger partial charge >= 0.3 is 0 Å². The number of halogens is 1. The zero-order valence-electron chi connectivity index (χ0n) is 9.06. The molecule has 0 unspecified atom stereocenters. The summed E-state index contributed by atoms with van der Waals surface area (Å²) in [5.41, 5.74) is 0.880. The maximum atomic E-state index is 12.9. The minimum atomic E-state index is -0.252. The fourth-order valence-electron chi connectivity index (χ4n) is 1.48. The lowest BCUT2D eigenvalue weighted by molar-refractivity contribution is 0.374. The number of hydrogen-bond donors (Lipinski definition) is 0. The van der Waals surface area contributed by atoms with E-state index in [0.29, 0.717) is 24.6 Å². The van der Waals surface area contributed by atoms with Crippen LogP contribution in [0.1, 0.15) is 17.3 Å². The van der Waals surface area contributed by atoms with Gasteiger partial charge < -0.3 is 4.52 Å². The molecule has 0 bridgehead atoms. The van der Waals surface area contributed by atoms with Crippen LogP contribution in [0, 0.1) is 17.1 Å². The number of nitriles is 1. The zero-order chi connectivity index (χ0) is 12.1. The van der Waals surface area contributed by atoms with Gasteiger partial charge in [-0.1, -0.05) is 17.3 Å². The topological polar surface area (TPSA) is 62.7 Å². The molecule has 0 radical (unpaired) electrons. The van der Waals surface area contributed by atoms with E-state index in [1.165, 1.54) is 12.1 Å². The Balaban J connectivity index is 1.95. The van der Waals surface area contributed by atoms with E-state index in [2.05, 4.69) is 10.1 Å². The maximum absolute atomic E-state index is 12.9. The molecule has 0 aliphatic heterocycles. The lowest BCUT2D eigenvalue weighted by Crippen LogP contribution is -1.93. The monoisotopic (exact) mass is 231 g/mol. The summed E-state index contributed by atoms with van der Waals surface area (Å²) >= 11 is 0. The van der Waals surface area contributed by atoms with Crippen molar-refractivity contribution < 1.29 is 8.91 Å². The van der Waals surface area contributed by atoms with Crippen LogP contribution in [0.15, 0.2) is 28.8 Å². The molecular weight excluding hydrogens is 221 g/mol. The van der Waals surface area contributed by atoms with Crippen molar-refractivity contribution in [2.45, 2.75) is 19.3 Å². The quantitative estimate of drug-likeness (QED) is 0.807. The third-order valence-electron chi connectivity index (χ3n) is 2.26. The molecule has 0 aliphatic rings. The maximum Gasteiger partial charge on any atom is 0.227 e. The van der Waals surface area contributed by atoms with Gasteiger partial charge in [0, 0.05) is 6.42 Å². The molecule has 2 rings (SSSR count). The van der Waals surface area contributed by atoms with E-state index in [9.17, 15) is 4.39 Å². The highest BCUT2D eigenvalue weighted by Gasteiger charge is 2.06. The van der Waals surface area contributed by atoms with Gasteiger partial charge in [-0.25, -0.2) is 4.39 Å². The van der Waals surface area contributed by atoms with Crippen molar-refractivity contribution in [3.8, 4) is 6.07 Å².